The number of anilines is 2. The molecule has 0 saturated carbocycles. The summed E-state index contributed by atoms with van der Waals surface area (Å²) in [6.07, 6.45) is 3.39. The standard InChI is InChI=1S/C21H21Cl2N5O3S2/c1-11-16(20(30)31-4)18(33-17(11)19(29)27(2)3)26-21(32)25-13-8-24-28(10-13)9-12-5-6-14(22)15(23)7-12/h5-8,10H,9H2,1-4H3,(H2,25,26,32). The van der Waals surface area contributed by atoms with Gasteiger partial charge in [0.1, 0.15) is 5.00 Å². The molecule has 1 aromatic carbocycles. The van der Waals surface area contributed by atoms with E-state index in [1.807, 2.05) is 6.07 Å². The molecule has 0 spiro atoms. The van der Waals surface area contributed by atoms with Crippen LogP contribution in [-0.4, -0.2) is 52.9 Å². The number of nitrogens with one attached hydrogen (secondary N) is 2. The molecule has 1 amide bonds. The first-order valence-corrected chi connectivity index (χ1v) is 11.6. The Hall–Kier alpha value is -2.66. The Bertz CT molecular complexity index is 1220. The summed E-state index contributed by atoms with van der Waals surface area (Å²) >= 11 is 18.6. The van der Waals surface area contributed by atoms with Crippen LogP contribution in [0.2, 0.25) is 10.0 Å². The van der Waals surface area contributed by atoms with Gasteiger partial charge in [0.2, 0.25) is 0 Å². The number of methoxy groups -OCH3 is 1. The Morgan fingerprint density at radius 3 is 2.61 bits per heavy atom. The Labute approximate surface area is 210 Å². The molecule has 2 N–H and O–H groups in total. The number of thiocarbonyl (C=S) groups is 1. The molecule has 0 saturated heterocycles. The summed E-state index contributed by atoms with van der Waals surface area (Å²) in [5.41, 5.74) is 2.39. The number of halogens is 2. The maximum absolute atomic E-state index is 12.5. The van der Waals surface area contributed by atoms with E-state index in [-0.39, 0.29) is 16.6 Å². The third kappa shape index (κ3) is 5.83. The van der Waals surface area contributed by atoms with Crippen molar-refractivity contribution in [2.45, 2.75) is 13.5 Å². The van der Waals surface area contributed by atoms with Gasteiger partial charge in [-0.15, -0.1) is 11.3 Å². The highest BCUT2D eigenvalue weighted by atomic mass is 35.5. The van der Waals surface area contributed by atoms with Gasteiger partial charge >= 0.3 is 5.97 Å². The fourth-order valence-corrected chi connectivity index (χ4v) is 4.79. The van der Waals surface area contributed by atoms with Crippen LogP contribution < -0.4 is 10.6 Å². The van der Waals surface area contributed by atoms with E-state index < -0.39 is 5.97 Å². The number of aromatic nitrogens is 2. The Balaban J connectivity index is 1.74. The zero-order valence-electron chi connectivity index (χ0n) is 18.2. The number of nitrogens with zero attached hydrogens (tertiary/aromatic N) is 3. The Morgan fingerprint density at radius 1 is 1.24 bits per heavy atom. The number of rotatable bonds is 6. The molecule has 8 nitrogen and oxygen atoms in total. The van der Waals surface area contributed by atoms with E-state index >= 15 is 0 Å². The fourth-order valence-electron chi connectivity index (χ4n) is 2.96. The third-order valence-corrected chi connectivity index (χ3v) is 6.72. The molecular formula is C21H21Cl2N5O3S2. The van der Waals surface area contributed by atoms with Crippen molar-refractivity contribution >= 4 is 74.4 Å². The topological polar surface area (TPSA) is 88.5 Å². The number of hydrogen-bond donors (Lipinski definition) is 2. The second kappa shape index (κ2) is 10.5. The summed E-state index contributed by atoms with van der Waals surface area (Å²) in [6, 6.07) is 5.39. The molecule has 12 heteroatoms. The quantitative estimate of drug-likeness (QED) is 0.349. The molecule has 0 fully saturated rings. The van der Waals surface area contributed by atoms with Crippen LogP contribution in [0.5, 0.6) is 0 Å². The molecule has 0 aliphatic rings. The molecule has 0 atom stereocenters. The average molecular weight is 526 g/mol. The number of carbonyl (C=O) groups is 2. The van der Waals surface area contributed by atoms with E-state index in [4.69, 9.17) is 40.2 Å². The van der Waals surface area contributed by atoms with Crippen LogP contribution in [0, 0.1) is 6.92 Å². The minimum atomic E-state index is -0.554. The van der Waals surface area contributed by atoms with Gasteiger partial charge in [0, 0.05) is 20.3 Å². The van der Waals surface area contributed by atoms with Crippen LogP contribution in [0.1, 0.15) is 31.2 Å². The average Bonchev–Trinajstić information content (AvgIpc) is 3.33. The van der Waals surface area contributed by atoms with E-state index in [2.05, 4.69) is 15.7 Å². The van der Waals surface area contributed by atoms with Gasteiger partial charge in [0.25, 0.3) is 5.91 Å². The van der Waals surface area contributed by atoms with E-state index in [0.717, 1.165) is 16.9 Å². The van der Waals surface area contributed by atoms with Crippen molar-refractivity contribution in [1.82, 2.24) is 14.7 Å². The van der Waals surface area contributed by atoms with Crippen molar-refractivity contribution in [1.29, 1.82) is 0 Å². The number of esters is 1. The monoisotopic (exact) mass is 525 g/mol. The molecule has 0 bridgehead atoms. The molecular weight excluding hydrogens is 505 g/mol. The van der Waals surface area contributed by atoms with E-state index in [1.54, 1.807) is 50.2 Å². The number of carbonyl (C=O) groups excluding carboxylic acids is 2. The van der Waals surface area contributed by atoms with Crippen LogP contribution in [0.4, 0.5) is 10.7 Å². The summed E-state index contributed by atoms with van der Waals surface area (Å²) in [5.74, 6) is -0.764. The second-order valence-electron chi connectivity index (χ2n) is 7.21. The maximum Gasteiger partial charge on any atom is 0.341 e. The molecule has 0 aliphatic heterocycles. The summed E-state index contributed by atoms with van der Waals surface area (Å²) in [7, 11) is 4.58. The zero-order valence-corrected chi connectivity index (χ0v) is 21.4. The summed E-state index contributed by atoms with van der Waals surface area (Å²) in [6.45, 7) is 2.19. The second-order valence-corrected chi connectivity index (χ2v) is 9.45. The first kappa shape index (κ1) is 25.0. The van der Waals surface area contributed by atoms with Gasteiger partial charge in [-0.2, -0.15) is 5.10 Å². The van der Waals surface area contributed by atoms with Gasteiger partial charge in [0.15, 0.2) is 5.11 Å². The SMILES string of the molecule is COC(=O)c1c(NC(=S)Nc2cnn(Cc3ccc(Cl)c(Cl)c3)c2)sc(C(=O)N(C)C)c1C. The van der Waals surface area contributed by atoms with Gasteiger partial charge in [-0.1, -0.05) is 29.3 Å². The minimum absolute atomic E-state index is 0.210. The molecule has 0 unspecified atom stereocenters. The molecule has 0 aliphatic carbocycles. The maximum atomic E-state index is 12.5. The van der Waals surface area contributed by atoms with E-state index in [9.17, 15) is 9.59 Å². The van der Waals surface area contributed by atoms with Gasteiger partial charge in [-0.05, 0) is 42.4 Å². The molecule has 0 radical (unpaired) electrons. The lowest BCUT2D eigenvalue weighted by Gasteiger charge is -2.09. The van der Waals surface area contributed by atoms with Crippen molar-refractivity contribution in [3.63, 3.8) is 0 Å². The lowest BCUT2D eigenvalue weighted by Crippen LogP contribution is -2.21. The normalized spacial score (nSPS) is 10.6. The fraction of sp³-hybridized carbons (Fsp3) is 0.238. The van der Waals surface area contributed by atoms with Gasteiger partial charge in [0.05, 0.1) is 46.0 Å². The Kier molecular flexibility index (Phi) is 7.96. The van der Waals surface area contributed by atoms with Crippen molar-refractivity contribution in [3.05, 3.63) is 62.2 Å². The smallest absolute Gasteiger partial charge is 0.341 e. The van der Waals surface area contributed by atoms with Crippen LogP contribution in [0.25, 0.3) is 0 Å². The van der Waals surface area contributed by atoms with Crippen LogP contribution in [-0.2, 0) is 11.3 Å². The van der Waals surface area contributed by atoms with Crippen molar-refractivity contribution in [3.8, 4) is 0 Å². The summed E-state index contributed by atoms with van der Waals surface area (Å²) in [5, 5.41) is 12.0. The van der Waals surface area contributed by atoms with Gasteiger partial charge < -0.3 is 20.3 Å². The number of amides is 1. The largest absolute Gasteiger partial charge is 0.465 e. The molecule has 3 rings (SSSR count). The van der Waals surface area contributed by atoms with E-state index in [0.29, 0.717) is 37.7 Å². The van der Waals surface area contributed by atoms with Crippen LogP contribution in [0.3, 0.4) is 0 Å². The van der Waals surface area contributed by atoms with Gasteiger partial charge in [-0.25, -0.2) is 4.79 Å². The third-order valence-electron chi connectivity index (χ3n) is 4.58. The Morgan fingerprint density at radius 2 is 1.97 bits per heavy atom. The van der Waals surface area contributed by atoms with Crippen molar-refractivity contribution in [2.75, 3.05) is 31.8 Å². The van der Waals surface area contributed by atoms with Gasteiger partial charge in [-0.3, -0.25) is 9.48 Å². The lowest BCUT2D eigenvalue weighted by molar-refractivity contribution is 0.0601. The first-order chi connectivity index (χ1) is 15.6. The highest BCUT2D eigenvalue weighted by Gasteiger charge is 2.26. The van der Waals surface area contributed by atoms with E-state index in [1.165, 1.54) is 12.0 Å². The highest BCUT2D eigenvalue weighted by molar-refractivity contribution is 7.80. The van der Waals surface area contributed by atoms with Crippen LogP contribution >= 0.6 is 46.8 Å². The van der Waals surface area contributed by atoms with Crippen LogP contribution in [0.15, 0.2) is 30.6 Å². The summed E-state index contributed by atoms with van der Waals surface area (Å²) < 4.78 is 6.61. The molecule has 2 aromatic heterocycles. The molecule has 3 aromatic rings. The predicted molar refractivity (Wildman–Crippen MR) is 136 cm³/mol. The van der Waals surface area contributed by atoms with Crippen molar-refractivity contribution < 1.29 is 14.3 Å². The number of thiophene rings is 1. The number of ether oxygens (including phenoxy) is 1. The predicted octanol–water partition coefficient (Wildman–Crippen LogP) is 4.91. The molecule has 33 heavy (non-hydrogen) atoms. The number of hydrogen-bond acceptors (Lipinski definition) is 6. The molecule has 174 valence electrons. The number of benzene rings is 1. The highest BCUT2D eigenvalue weighted by Crippen LogP contribution is 2.34. The first-order valence-electron chi connectivity index (χ1n) is 9.58. The van der Waals surface area contributed by atoms with Crippen molar-refractivity contribution in [2.24, 2.45) is 0 Å². The summed E-state index contributed by atoms with van der Waals surface area (Å²) in [4.78, 5) is 26.7. The molecule has 2 heterocycles. The minimum Gasteiger partial charge on any atom is -0.465 e. The lowest BCUT2D eigenvalue weighted by atomic mass is 10.1. The zero-order chi connectivity index (χ0) is 24.3.